The molecular weight excluding hydrogens is 320 g/mol. The fourth-order valence-corrected chi connectivity index (χ4v) is 3.04. The minimum atomic E-state index is 0.0851. The molecule has 0 aliphatic rings. The minimum absolute atomic E-state index is 0.0851. The second kappa shape index (κ2) is 8.09. The largest absolute Gasteiger partial charge is 0.490 e. The van der Waals surface area contributed by atoms with Crippen molar-refractivity contribution in [3.63, 3.8) is 0 Å². The van der Waals surface area contributed by atoms with E-state index >= 15 is 0 Å². The van der Waals surface area contributed by atoms with E-state index < -0.39 is 0 Å². The van der Waals surface area contributed by atoms with Crippen molar-refractivity contribution in [2.45, 2.75) is 39.7 Å². The first-order valence-corrected chi connectivity index (χ1v) is 9.18. The Bertz CT molecular complexity index is 837. The van der Waals surface area contributed by atoms with Crippen molar-refractivity contribution < 1.29 is 9.47 Å². The van der Waals surface area contributed by atoms with Gasteiger partial charge in [-0.25, -0.2) is 0 Å². The first-order valence-electron chi connectivity index (χ1n) is 9.18. The van der Waals surface area contributed by atoms with Crippen molar-refractivity contribution >= 4 is 0 Å². The van der Waals surface area contributed by atoms with Crippen molar-refractivity contribution in [2.24, 2.45) is 0 Å². The van der Waals surface area contributed by atoms with Crippen molar-refractivity contribution in [3.05, 3.63) is 78.4 Å². The highest BCUT2D eigenvalue weighted by molar-refractivity contribution is 5.74. The summed E-state index contributed by atoms with van der Waals surface area (Å²) in [5, 5.41) is 0. The van der Waals surface area contributed by atoms with Crippen LogP contribution in [0, 0.1) is 0 Å². The molecule has 3 rings (SSSR count). The molecule has 3 aromatic rings. The summed E-state index contributed by atoms with van der Waals surface area (Å²) in [5.41, 5.74) is 3.35. The lowest BCUT2D eigenvalue weighted by molar-refractivity contribution is 0.239. The van der Waals surface area contributed by atoms with Crippen LogP contribution in [0.3, 0.4) is 0 Å². The summed E-state index contributed by atoms with van der Waals surface area (Å²) < 4.78 is 12.5. The van der Waals surface area contributed by atoms with Crippen molar-refractivity contribution in [3.8, 4) is 28.4 Å². The first-order chi connectivity index (χ1) is 12.6. The summed E-state index contributed by atoms with van der Waals surface area (Å²) in [6.45, 7) is 8.47. The van der Waals surface area contributed by atoms with E-state index in [4.69, 9.17) is 9.47 Å². The van der Waals surface area contributed by atoms with Crippen LogP contribution in [0.5, 0.6) is 17.2 Å². The van der Waals surface area contributed by atoms with Gasteiger partial charge in [0.2, 0.25) is 0 Å². The predicted octanol–water partition coefficient (Wildman–Crippen LogP) is 7.06. The van der Waals surface area contributed by atoms with Crippen molar-refractivity contribution in [1.29, 1.82) is 0 Å². The Kier molecular flexibility index (Phi) is 5.62. The molecule has 2 nitrogen and oxygen atoms in total. The topological polar surface area (TPSA) is 18.5 Å². The van der Waals surface area contributed by atoms with Crippen LogP contribution in [0.2, 0.25) is 0 Å². The highest BCUT2D eigenvalue weighted by Crippen LogP contribution is 2.44. The molecule has 0 saturated carbocycles. The van der Waals surface area contributed by atoms with E-state index in [1.807, 2.05) is 36.4 Å². The normalized spacial score (nSPS) is 11.0. The fourth-order valence-electron chi connectivity index (χ4n) is 3.04. The van der Waals surface area contributed by atoms with Gasteiger partial charge in [0.1, 0.15) is 17.2 Å². The van der Waals surface area contributed by atoms with E-state index in [1.54, 1.807) is 0 Å². The summed E-state index contributed by atoms with van der Waals surface area (Å²) in [7, 11) is 0. The van der Waals surface area contributed by atoms with Crippen LogP contribution in [-0.4, -0.2) is 6.10 Å². The second-order valence-corrected chi connectivity index (χ2v) is 6.96. The maximum atomic E-state index is 6.29. The average Bonchev–Trinajstić information content (AvgIpc) is 2.63. The van der Waals surface area contributed by atoms with Gasteiger partial charge in [0.25, 0.3) is 0 Å². The molecule has 0 amide bonds. The van der Waals surface area contributed by atoms with Crippen LogP contribution < -0.4 is 9.47 Å². The number of hydrogen-bond acceptors (Lipinski definition) is 2. The summed E-state index contributed by atoms with van der Waals surface area (Å²) in [4.78, 5) is 0. The number of para-hydroxylation sites is 1. The molecule has 0 saturated heterocycles. The number of ether oxygens (including phenoxy) is 2. The number of benzene rings is 3. The maximum absolute atomic E-state index is 6.29. The molecule has 0 radical (unpaired) electrons. The van der Waals surface area contributed by atoms with Gasteiger partial charge in [-0.05, 0) is 49.6 Å². The van der Waals surface area contributed by atoms with E-state index in [-0.39, 0.29) is 12.0 Å². The quantitative estimate of drug-likeness (QED) is 0.476. The highest BCUT2D eigenvalue weighted by atomic mass is 16.5. The minimum Gasteiger partial charge on any atom is -0.490 e. The Morgan fingerprint density at radius 3 is 1.88 bits per heavy atom. The predicted molar refractivity (Wildman–Crippen MR) is 108 cm³/mol. The van der Waals surface area contributed by atoms with Crippen LogP contribution in [0.1, 0.15) is 39.2 Å². The number of rotatable bonds is 6. The molecular formula is C24H26O2. The molecule has 0 unspecified atom stereocenters. The lowest BCUT2D eigenvalue weighted by Crippen LogP contribution is -2.10. The van der Waals surface area contributed by atoms with Gasteiger partial charge >= 0.3 is 0 Å². The Morgan fingerprint density at radius 2 is 1.31 bits per heavy atom. The fraction of sp³-hybridized carbons (Fsp3) is 0.250. The van der Waals surface area contributed by atoms with Crippen molar-refractivity contribution in [2.75, 3.05) is 0 Å². The molecule has 0 aliphatic heterocycles. The molecule has 0 bridgehead atoms. The molecule has 0 heterocycles. The zero-order valence-corrected chi connectivity index (χ0v) is 15.9. The van der Waals surface area contributed by atoms with E-state index in [1.165, 1.54) is 0 Å². The smallest absolute Gasteiger partial charge is 0.134 e. The second-order valence-electron chi connectivity index (χ2n) is 6.96. The van der Waals surface area contributed by atoms with Crippen LogP contribution in [-0.2, 0) is 0 Å². The lowest BCUT2D eigenvalue weighted by Gasteiger charge is -2.23. The van der Waals surface area contributed by atoms with Gasteiger partial charge in [-0.3, -0.25) is 0 Å². The molecule has 0 atom stereocenters. The molecule has 0 spiro atoms. The average molecular weight is 346 g/mol. The molecule has 134 valence electrons. The number of hydrogen-bond donors (Lipinski definition) is 0. The Morgan fingerprint density at radius 1 is 0.692 bits per heavy atom. The van der Waals surface area contributed by atoms with E-state index in [0.29, 0.717) is 0 Å². The van der Waals surface area contributed by atoms with Crippen LogP contribution in [0.4, 0.5) is 0 Å². The van der Waals surface area contributed by atoms with Crippen LogP contribution in [0.15, 0.2) is 72.8 Å². The monoisotopic (exact) mass is 346 g/mol. The van der Waals surface area contributed by atoms with Gasteiger partial charge in [-0.2, -0.15) is 0 Å². The summed E-state index contributed by atoms with van der Waals surface area (Å²) >= 11 is 0. The standard InChI is InChI=1S/C24H26O2/c1-17(2)23-22(26-20-13-9-6-10-14-20)16-15-21(24(23)25-18(3)4)19-11-7-5-8-12-19/h5-18H,1-4H3. The van der Waals surface area contributed by atoms with Gasteiger partial charge < -0.3 is 9.47 Å². The SMILES string of the molecule is CC(C)Oc1c(-c2ccccc2)ccc(Oc2ccccc2)c1C(C)C. The molecule has 26 heavy (non-hydrogen) atoms. The van der Waals surface area contributed by atoms with Gasteiger partial charge in [0.05, 0.1) is 6.10 Å². The molecule has 3 aromatic carbocycles. The Labute approximate surface area is 156 Å². The van der Waals surface area contributed by atoms with Gasteiger partial charge in [-0.15, -0.1) is 0 Å². The van der Waals surface area contributed by atoms with Crippen LogP contribution >= 0.6 is 0 Å². The maximum Gasteiger partial charge on any atom is 0.134 e. The Hall–Kier alpha value is -2.74. The summed E-state index contributed by atoms with van der Waals surface area (Å²) in [5.74, 6) is 2.86. The van der Waals surface area contributed by atoms with Gasteiger partial charge in [0.15, 0.2) is 0 Å². The first kappa shape index (κ1) is 18.1. The summed E-state index contributed by atoms with van der Waals surface area (Å²) in [6, 6.07) is 24.4. The third-order valence-corrected chi connectivity index (χ3v) is 4.14. The summed E-state index contributed by atoms with van der Waals surface area (Å²) in [6.07, 6.45) is 0.0851. The van der Waals surface area contributed by atoms with E-state index in [2.05, 4.69) is 64.1 Å². The van der Waals surface area contributed by atoms with E-state index in [9.17, 15) is 0 Å². The molecule has 0 fully saturated rings. The molecule has 0 aromatic heterocycles. The molecule has 0 N–H and O–H groups in total. The lowest BCUT2D eigenvalue weighted by atomic mass is 9.94. The molecule has 2 heteroatoms. The van der Waals surface area contributed by atoms with Crippen LogP contribution in [0.25, 0.3) is 11.1 Å². The van der Waals surface area contributed by atoms with Gasteiger partial charge in [-0.1, -0.05) is 62.4 Å². The third-order valence-electron chi connectivity index (χ3n) is 4.14. The zero-order chi connectivity index (χ0) is 18.5. The van der Waals surface area contributed by atoms with E-state index in [0.717, 1.165) is 33.9 Å². The zero-order valence-electron chi connectivity index (χ0n) is 15.9. The molecule has 0 aliphatic carbocycles. The third kappa shape index (κ3) is 4.08. The highest BCUT2D eigenvalue weighted by Gasteiger charge is 2.21. The van der Waals surface area contributed by atoms with Crippen molar-refractivity contribution in [1.82, 2.24) is 0 Å². The Balaban J connectivity index is 2.15. The van der Waals surface area contributed by atoms with Gasteiger partial charge in [0, 0.05) is 11.1 Å².